The van der Waals surface area contributed by atoms with E-state index in [1.165, 1.54) is 0 Å². The molecule has 0 aliphatic rings. The third-order valence-corrected chi connectivity index (χ3v) is 2.15. The van der Waals surface area contributed by atoms with E-state index in [0.29, 0.717) is 17.7 Å². The molecule has 1 N–H and O–H groups in total. The molecule has 0 amide bonds. The topological polar surface area (TPSA) is 107 Å². The molecule has 0 spiro atoms. The van der Waals surface area contributed by atoms with Gasteiger partial charge in [0, 0.05) is 12.1 Å². The minimum atomic E-state index is -0.919. The van der Waals surface area contributed by atoms with Gasteiger partial charge in [-0.25, -0.2) is 0 Å². The van der Waals surface area contributed by atoms with Crippen LogP contribution in [0.3, 0.4) is 0 Å². The number of hydrogen-bond donors (Lipinski definition) is 2. The van der Waals surface area contributed by atoms with Crippen molar-refractivity contribution in [2.75, 3.05) is 5.75 Å². The van der Waals surface area contributed by atoms with Gasteiger partial charge in [0.2, 0.25) is 0 Å². The maximum Gasteiger partial charge on any atom is 0.318 e. The van der Waals surface area contributed by atoms with E-state index in [0.717, 1.165) is 12.1 Å². The average molecular weight is 244 g/mol. The first-order valence-corrected chi connectivity index (χ1v) is 4.86. The van der Waals surface area contributed by atoms with Gasteiger partial charge in [-0.2, -0.15) is 12.6 Å². The predicted octanol–water partition coefficient (Wildman–Crippen LogP) is 1.68. The average Bonchev–Trinajstić information content (AvgIpc) is 2.19. The van der Waals surface area contributed by atoms with E-state index in [1.807, 2.05) is 0 Å². The Labute approximate surface area is 95.4 Å². The molecule has 16 heavy (non-hydrogen) atoms. The minimum absolute atomic E-state index is 0.352. The van der Waals surface area contributed by atoms with Gasteiger partial charge in [-0.05, 0) is 17.7 Å². The predicted molar refractivity (Wildman–Crippen MR) is 59.0 cm³/mol. The smallest absolute Gasteiger partial charge is 0.318 e. The lowest BCUT2D eigenvalue weighted by atomic mass is 10.1. The standard InChI is InChI=1S/C8H8N2O5S/c11-8-6(9(12)13)3-5(1-2-16)4-7(8)10(14)15/h3-4,11,16H,1-2H2. The second-order valence-electron chi connectivity index (χ2n) is 2.97. The van der Waals surface area contributed by atoms with E-state index in [1.54, 1.807) is 0 Å². The molecule has 0 saturated carbocycles. The van der Waals surface area contributed by atoms with Crippen LogP contribution in [0.15, 0.2) is 12.1 Å². The van der Waals surface area contributed by atoms with Crippen LogP contribution in [0.5, 0.6) is 5.75 Å². The molecule has 0 aliphatic carbocycles. The zero-order valence-electron chi connectivity index (χ0n) is 7.99. The molecule has 0 atom stereocenters. The monoisotopic (exact) mass is 244 g/mol. The second-order valence-corrected chi connectivity index (χ2v) is 3.42. The third kappa shape index (κ3) is 2.40. The molecule has 0 unspecified atom stereocenters. The summed E-state index contributed by atoms with van der Waals surface area (Å²) in [5, 5.41) is 30.4. The molecule has 1 aromatic carbocycles. The van der Waals surface area contributed by atoms with E-state index in [9.17, 15) is 25.3 Å². The van der Waals surface area contributed by atoms with Crippen LogP contribution in [0.4, 0.5) is 11.4 Å². The van der Waals surface area contributed by atoms with E-state index < -0.39 is 27.0 Å². The first-order valence-electron chi connectivity index (χ1n) is 4.23. The molecule has 7 nitrogen and oxygen atoms in total. The van der Waals surface area contributed by atoms with Crippen molar-refractivity contribution in [1.82, 2.24) is 0 Å². The van der Waals surface area contributed by atoms with Crippen LogP contribution in [-0.2, 0) is 6.42 Å². The first kappa shape index (κ1) is 12.2. The summed E-state index contributed by atoms with van der Waals surface area (Å²) < 4.78 is 0. The summed E-state index contributed by atoms with van der Waals surface area (Å²) in [5.41, 5.74) is -0.928. The van der Waals surface area contributed by atoms with Crippen LogP contribution in [0.25, 0.3) is 0 Å². The fourth-order valence-electron chi connectivity index (χ4n) is 1.21. The fourth-order valence-corrected chi connectivity index (χ4v) is 1.47. The van der Waals surface area contributed by atoms with Gasteiger partial charge in [0.1, 0.15) is 0 Å². The fraction of sp³-hybridized carbons (Fsp3) is 0.250. The van der Waals surface area contributed by atoms with Crippen molar-refractivity contribution >= 4 is 24.0 Å². The maximum absolute atomic E-state index is 10.6. The lowest BCUT2D eigenvalue weighted by Gasteiger charge is -2.01. The van der Waals surface area contributed by atoms with Gasteiger partial charge >= 0.3 is 11.4 Å². The number of thiol groups is 1. The van der Waals surface area contributed by atoms with Crippen molar-refractivity contribution < 1.29 is 15.0 Å². The van der Waals surface area contributed by atoms with Crippen LogP contribution in [-0.4, -0.2) is 20.7 Å². The van der Waals surface area contributed by atoms with Gasteiger partial charge in [-0.15, -0.1) is 0 Å². The van der Waals surface area contributed by atoms with Crippen molar-refractivity contribution in [1.29, 1.82) is 0 Å². The molecule has 0 bridgehead atoms. The summed E-state index contributed by atoms with van der Waals surface area (Å²) in [5.74, 6) is -0.517. The van der Waals surface area contributed by atoms with Gasteiger partial charge in [-0.3, -0.25) is 20.2 Å². The number of hydrogen-bond acceptors (Lipinski definition) is 6. The molecule has 0 aromatic heterocycles. The molecule has 0 saturated heterocycles. The van der Waals surface area contributed by atoms with Gasteiger partial charge < -0.3 is 5.11 Å². The van der Waals surface area contributed by atoms with Crippen molar-refractivity contribution in [2.45, 2.75) is 6.42 Å². The molecule has 0 aliphatic heterocycles. The summed E-state index contributed by atoms with van der Waals surface area (Å²) in [6.07, 6.45) is 0.352. The second kappa shape index (κ2) is 4.79. The van der Waals surface area contributed by atoms with Gasteiger partial charge in [0.25, 0.3) is 5.75 Å². The molecule has 0 fully saturated rings. The van der Waals surface area contributed by atoms with Crippen LogP contribution in [0.2, 0.25) is 0 Å². The zero-order chi connectivity index (χ0) is 12.3. The third-order valence-electron chi connectivity index (χ3n) is 1.92. The highest BCUT2D eigenvalue weighted by Crippen LogP contribution is 2.36. The zero-order valence-corrected chi connectivity index (χ0v) is 8.89. The van der Waals surface area contributed by atoms with E-state index in [2.05, 4.69) is 12.6 Å². The van der Waals surface area contributed by atoms with E-state index in [4.69, 9.17) is 0 Å². The Balaban J connectivity index is 3.38. The van der Waals surface area contributed by atoms with Crippen molar-refractivity contribution in [3.8, 4) is 5.75 Å². The number of phenols is 1. The molecule has 8 heteroatoms. The number of aryl methyl sites for hydroxylation is 1. The number of rotatable bonds is 4. The van der Waals surface area contributed by atoms with Gasteiger partial charge in [0.15, 0.2) is 0 Å². The number of phenolic OH excluding ortho intramolecular Hbond substituents is 1. The molecule has 0 heterocycles. The minimum Gasteiger partial charge on any atom is -0.497 e. The summed E-state index contributed by atoms with van der Waals surface area (Å²) >= 11 is 3.93. The Morgan fingerprint density at radius 2 is 1.62 bits per heavy atom. The number of nitro groups is 2. The van der Waals surface area contributed by atoms with Crippen LogP contribution < -0.4 is 0 Å². The molecular weight excluding hydrogens is 236 g/mol. The summed E-state index contributed by atoms with van der Waals surface area (Å²) in [7, 11) is 0. The Morgan fingerprint density at radius 3 is 1.94 bits per heavy atom. The molecular formula is C8H8N2O5S. The normalized spacial score (nSPS) is 10.1. The van der Waals surface area contributed by atoms with Gasteiger partial charge in [0.05, 0.1) is 9.85 Å². The van der Waals surface area contributed by atoms with Crippen LogP contribution in [0, 0.1) is 20.2 Å². The summed E-state index contributed by atoms with van der Waals surface area (Å²) in [4.78, 5) is 19.4. The van der Waals surface area contributed by atoms with E-state index in [-0.39, 0.29) is 0 Å². The highest BCUT2D eigenvalue weighted by molar-refractivity contribution is 7.80. The number of nitro benzene ring substituents is 2. The Morgan fingerprint density at radius 1 is 1.19 bits per heavy atom. The number of benzene rings is 1. The quantitative estimate of drug-likeness (QED) is 0.476. The van der Waals surface area contributed by atoms with Crippen molar-refractivity contribution in [3.63, 3.8) is 0 Å². The molecule has 86 valence electrons. The lowest BCUT2D eigenvalue weighted by Crippen LogP contribution is -1.97. The van der Waals surface area contributed by atoms with Crippen LogP contribution in [0.1, 0.15) is 5.56 Å². The van der Waals surface area contributed by atoms with Crippen LogP contribution >= 0.6 is 12.6 Å². The van der Waals surface area contributed by atoms with Crippen molar-refractivity contribution in [2.24, 2.45) is 0 Å². The van der Waals surface area contributed by atoms with Crippen molar-refractivity contribution in [3.05, 3.63) is 37.9 Å². The molecule has 1 rings (SSSR count). The van der Waals surface area contributed by atoms with Gasteiger partial charge in [-0.1, -0.05) is 0 Å². The number of aromatic hydroxyl groups is 1. The van der Waals surface area contributed by atoms with E-state index >= 15 is 0 Å². The Hall–Kier alpha value is -1.83. The highest BCUT2D eigenvalue weighted by atomic mass is 32.1. The largest absolute Gasteiger partial charge is 0.497 e. The Bertz CT molecular complexity index is 413. The highest BCUT2D eigenvalue weighted by Gasteiger charge is 2.25. The molecule has 0 radical (unpaired) electrons. The summed E-state index contributed by atoms with van der Waals surface area (Å²) in [6, 6.07) is 2.22. The maximum atomic E-state index is 10.6. The first-order chi connectivity index (χ1) is 7.47. The number of nitrogens with zero attached hydrogens (tertiary/aromatic N) is 2. The SMILES string of the molecule is O=[N+]([O-])c1cc(CCS)cc([N+](=O)[O-])c1O. The Kier molecular flexibility index (Phi) is 3.67. The summed E-state index contributed by atoms with van der Waals surface area (Å²) in [6.45, 7) is 0. The molecule has 1 aromatic rings. The lowest BCUT2D eigenvalue weighted by molar-refractivity contribution is -0.396.